The van der Waals surface area contributed by atoms with E-state index in [1.807, 2.05) is 0 Å². The summed E-state index contributed by atoms with van der Waals surface area (Å²) in [7, 11) is 2.79. The Labute approximate surface area is 104 Å². The number of benzene rings is 1. The van der Waals surface area contributed by atoms with Gasteiger partial charge in [-0.2, -0.15) is 0 Å². The molecular formula is C13H15FO4. The number of ether oxygens (including phenoxy) is 2. The maximum Gasteiger partial charge on any atom is 0.314 e. The summed E-state index contributed by atoms with van der Waals surface area (Å²) in [5, 5.41) is 9.44. The average Bonchev–Trinajstić information content (AvgIpc) is 2.28. The molecule has 1 aromatic carbocycles. The van der Waals surface area contributed by atoms with Gasteiger partial charge in [-0.15, -0.1) is 0 Å². The van der Waals surface area contributed by atoms with Gasteiger partial charge in [-0.05, 0) is 12.8 Å². The molecule has 0 amide bonds. The van der Waals surface area contributed by atoms with Gasteiger partial charge in [0, 0.05) is 12.1 Å². The minimum atomic E-state index is -1.01. The van der Waals surface area contributed by atoms with Gasteiger partial charge < -0.3 is 14.6 Å². The molecule has 1 aliphatic rings. The summed E-state index contributed by atoms with van der Waals surface area (Å²) in [5.74, 6) is -0.966. The summed E-state index contributed by atoms with van der Waals surface area (Å²) in [5.41, 5.74) is -0.572. The standard InChI is InChI=1S/C13H15FO4/c1-17-9-6-8(14)7-10(18-2)11(9)13(12(15)16)4-3-5-13/h6-7H,3-5H2,1-2H3,(H,15,16). The maximum absolute atomic E-state index is 13.4. The van der Waals surface area contributed by atoms with Gasteiger partial charge in [-0.25, -0.2) is 4.39 Å². The van der Waals surface area contributed by atoms with Crippen LogP contribution in [0.4, 0.5) is 4.39 Å². The number of carboxylic acids is 1. The number of rotatable bonds is 4. The monoisotopic (exact) mass is 254 g/mol. The predicted molar refractivity (Wildman–Crippen MR) is 62.7 cm³/mol. The zero-order valence-corrected chi connectivity index (χ0v) is 10.3. The highest BCUT2D eigenvalue weighted by Crippen LogP contribution is 2.51. The van der Waals surface area contributed by atoms with Crippen LogP contribution in [0.5, 0.6) is 11.5 Å². The van der Waals surface area contributed by atoms with Crippen LogP contribution < -0.4 is 9.47 Å². The fourth-order valence-corrected chi connectivity index (χ4v) is 2.45. The van der Waals surface area contributed by atoms with Crippen LogP contribution in [0, 0.1) is 5.82 Å². The van der Waals surface area contributed by atoms with Crippen LogP contribution in [-0.2, 0) is 10.2 Å². The van der Waals surface area contributed by atoms with Crippen molar-refractivity contribution in [3.63, 3.8) is 0 Å². The smallest absolute Gasteiger partial charge is 0.314 e. The van der Waals surface area contributed by atoms with Crippen molar-refractivity contribution < 1.29 is 23.8 Å². The Morgan fingerprint density at radius 2 is 1.78 bits per heavy atom. The molecule has 1 aromatic rings. The van der Waals surface area contributed by atoms with E-state index in [1.165, 1.54) is 26.4 Å². The number of halogens is 1. The molecule has 18 heavy (non-hydrogen) atoms. The van der Waals surface area contributed by atoms with Crippen molar-refractivity contribution in [1.82, 2.24) is 0 Å². The fourth-order valence-electron chi connectivity index (χ4n) is 2.45. The second-order valence-electron chi connectivity index (χ2n) is 4.43. The number of carboxylic acid groups (broad SMARTS) is 1. The lowest BCUT2D eigenvalue weighted by molar-refractivity contribution is -0.147. The molecule has 1 aliphatic carbocycles. The Morgan fingerprint density at radius 1 is 1.28 bits per heavy atom. The van der Waals surface area contributed by atoms with Crippen LogP contribution in [0.1, 0.15) is 24.8 Å². The lowest BCUT2D eigenvalue weighted by atomic mass is 9.64. The number of methoxy groups -OCH3 is 2. The van der Waals surface area contributed by atoms with E-state index in [2.05, 4.69) is 0 Å². The summed E-state index contributed by atoms with van der Waals surface area (Å²) in [6.45, 7) is 0. The van der Waals surface area contributed by atoms with E-state index < -0.39 is 17.2 Å². The van der Waals surface area contributed by atoms with Gasteiger partial charge in [0.1, 0.15) is 17.3 Å². The Bertz CT molecular complexity index is 455. The predicted octanol–water partition coefficient (Wildman–Crippen LogP) is 2.35. The average molecular weight is 254 g/mol. The van der Waals surface area contributed by atoms with Gasteiger partial charge >= 0.3 is 5.97 Å². The van der Waals surface area contributed by atoms with Crippen molar-refractivity contribution in [3.8, 4) is 11.5 Å². The first-order valence-corrected chi connectivity index (χ1v) is 5.70. The van der Waals surface area contributed by atoms with Gasteiger partial charge in [-0.1, -0.05) is 6.42 Å². The zero-order valence-electron chi connectivity index (χ0n) is 10.3. The molecule has 98 valence electrons. The minimum Gasteiger partial charge on any atom is -0.496 e. The summed E-state index contributed by atoms with van der Waals surface area (Å²) < 4.78 is 23.6. The first-order valence-electron chi connectivity index (χ1n) is 5.70. The Kier molecular flexibility index (Phi) is 3.15. The van der Waals surface area contributed by atoms with Crippen LogP contribution in [0.15, 0.2) is 12.1 Å². The second-order valence-corrected chi connectivity index (χ2v) is 4.43. The highest BCUT2D eigenvalue weighted by Gasteiger charge is 2.49. The highest BCUT2D eigenvalue weighted by molar-refractivity contribution is 5.85. The van der Waals surface area contributed by atoms with Crippen LogP contribution in [0.2, 0.25) is 0 Å². The van der Waals surface area contributed by atoms with E-state index >= 15 is 0 Å². The van der Waals surface area contributed by atoms with Crippen molar-refractivity contribution in [3.05, 3.63) is 23.5 Å². The van der Waals surface area contributed by atoms with E-state index in [1.54, 1.807) is 0 Å². The van der Waals surface area contributed by atoms with Crippen molar-refractivity contribution in [2.75, 3.05) is 14.2 Å². The van der Waals surface area contributed by atoms with Gasteiger partial charge in [-0.3, -0.25) is 4.79 Å². The fraction of sp³-hybridized carbons (Fsp3) is 0.462. The van der Waals surface area contributed by atoms with Crippen LogP contribution in [0.3, 0.4) is 0 Å². The molecule has 0 unspecified atom stereocenters. The van der Waals surface area contributed by atoms with Crippen LogP contribution >= 0.6 is 0 Å². The number of carbonyl (C=O) groups is 1. The highest BCUT2D eigenvalue weighted by atomic mass is 19.1. The first-order chi connectivity index (χ1) is 8.55. The molecule has 0 radical (unpaired) electrons. The molecule has 0 aromatic heterocycles. The third kappa shape index (κ3) is 1.70. The molecule has 1 N–H and O–H groups in total. The quantitative estimate of drug-likeness (QED) is 0.896. The van der Waals surface area contributed by atoms with Crippen molar-refractivity contribution in [2.45, 2.75) is 24.7 Å². The van der Waals surface area contributed by atoms with Gasteiger partial charge in [0.15, 0.2) is 0 Å². The first kappa shape index (κ1) is 12.7. The molecule has 1 fully saturated rings. The van der Waals surface area contributed by atoms with E-state index in [0.717, 1.165) is 6.42 Å². The molecule has 0 spiro atoms. The molecule has 0 bridgehead atoms. The molecule has 0 saturated heterocycles. The third-order valence-corrected chi connectivity index (χ3v) is 3.57. The Balaban J connectivity index is 2.64. The summed E-state index contributed by atoms with van der Waals surface area (Å²) >= 11 is 0. The molecule has 5 heteroatoms. The van der Waals surface area contributed by atoms with Gasteiger partial charge in [0.25, 0.3) is 0 Å². The van der Waals surface area contributed by atoms with Gasteiger partial charge in [0.2, 0.25) is 0 Å². The van der Waals surface area contributed by atoms with E-state index in [-0.39, 0.29) is 11.5 Å². The lowest BCUT2D eigenvalue weighted by Crippen LogP contribution is -2.42. The maximum atomic E-state index is 13.4. The number of hydrogen-bond donors (Lipinski definition) is 1. The van der Waals surface area contributed by atoms with Crippen molar-refractivity contribution in [2.24, 2.45) is 0 Å². The minimum absolute atomic E-state index is 0.231. The second kappa shape index (κ2) is 4.48. The van der Waals surface area contributed by atoms with Crippen molar-refractivity contribution in [1.29, 1.82) is 0 Å². The summed E-state index contributed by atoms with van der Waals surface area (Å²) in [4.78, 5) is 11.5. The lowest BCUT2D eigenvalue weighted by Gasteiger charge is -2.39. The number of aliphatic carboxylic acids is 1. The third-order valence-electron chi connectivity index (χ3n) is 3.57. The van der Waals surface area contributed by atoms with Gasteiger partial charge in [0.05, 0.1) is 25.2 Å². The molecular weight excluding hydrogens is 239 g/mol. The molecule has 0 aliphatic heterocycles. The van der Waals surface area contributed by atoms with E-state index in [4.69, 9.17) is 9.47 Å². The van der Waals surface area contributed by atoms with Crippen LogP contribution in [-0.4, -0.2) is 25.3 Å². The Morgan fingerprint density at radius 3 is 2.06 bits per heavy atom. The van der Waals surface area contributed by atoms with E-state index in [9.17, 15) is 14.3 Å². The number of hydrogen-bond acceptors (Lipinski definition) is 3. The van der Waals surface area contributed by atoms with Crippen LogP contribution in [0.25, 0.3) is 0 Å². The zero-order chi connectivity index (χ0) is 13.3. The molecule has 1 saturated carbocycles. The topological polar surface area (TPSA) is 55.8 Å². The normalized spacial score (nSPS) is 16.8. The molecule has 2 rings (SSSR count). The summed E-state index contributed by atoms with van der Waals surface area (Å²) in [6, 6.07) is 2.39. The SMILES string of the molecule is COc1cc(F)cc(OC)c1C1(C(=O)O)CCC1. The van der Waals surface area contributed by atoms with Crippen molar-refractivity contribution >= 4 is 5.97 Å². The molecule has 4 nitrogen and oxygen atoms in total. The molecule has 0 atom stereocenters. The largest absolute Gasteiger partial charge is 0.496 e. The van der Waals surface area contributed by atoms with E-state index in [0.29, 0.717) is 18.4 Å². The molecule has 0 heterocycles. The Hall–Kier alpha value is -1.78. The summed E-state index contributed by atoms with van der Waals surface area (Å²) in [6.07, 6.45) is 1.86.